The van der Waals surface area contributed by atoms with Gasteiger partial charge in [0, 0.05) is 19.6 Å². The Balaban J connectivity index is 1.38. The van der Waals surface area contributed by atoms with Crippen LogP contribution in [0.5, 0.6) is 11.5 Å². The number of piperazine rings is 1. The Kier molecular flexibility index (Phi) is 4.43. The number of benzene rings is 2. The number of carbonyl (C=O) groups is 1. The zero-order chi connectivity index (χ0) is 17.1. The van der Waals surface area contributed by atoms with Gasteiger partial charge in [-0.15, -0.1) is 0 Å². The fourth-order valence-corrected chi connectivity index (χ4v) is 3.08. The van der Waals surface area contributed by atoms with Gasteiger partial charge in [0.15, 0.2) is 11.5 Å². The molecule has 0 aliphatic carbocycles. The van der Waals surface area contributed by atoms with E-state index in [0.29, 0.717) is 13.1 Å². The van der Waals surface area contributed by atoms with Gasteiger partial charge in [-0.05, 0) is 23.3 Å². The molecule has 0 spiro atoms. The van der Waals surface area contributed by atoms with Gasteiger partial charge in [0.2, 0.25) is 6.79 Å². The standard InChI is InChI=1S/C19H20N2O4/c22-19(23-12-14-4-2-1-3-5-14)21-9-8-20-16(11-21)15-6-7-17-18(10-15)25-13-24-17/h1-7,10,16,20H,8-9,11-13H2/t16-/m1/s1. The van der Waals surface area contributed by atoms with Gasteiger partial charge in [0.05, 0.1) is 6.04 Å². The molecule has 1 amide bonds. The Bertz CT molecular complexity index is 750. The summed E-state index contributed by atoms with van der Waals surface area (Å²) in [5.74, 6) is 1.52. The number of hydrogen-bond acceptors (Lipinski definition) is 5. The van der Waals surface area contributed by atoms with E-state index < -0.39 is 0 Å². The van der Waals surface area contributed by atoms with Crippen molar-refractivity contribution in [2.24, 2.45) is 0 Å². The Morgan fingerprint density at radius 3 is 2.88 bits per heavy atom. The second-order valence-corrected chi connectivity index (χ2v) is 6.11. The van der Waals surface area contributed by atoms with Gasteiger partial charge in [0.1, 0.15) is 6.61 Å². The molecule has 2 aromatic carbocycles. The quantitative estimate of drug-likeness (QED) is 0.931. The van der Waals surface area contributed by atoms with Crippen LogP contribution in [-0.2, 0) is 11.3 Å². The Morgan fingerprint density at radius 2 is 2.00 bits per heavy atom. The summed E-state index contributed by atoms with van der Waals surface area (Å²) in [6.07, 6.45) is -0.281. The third-order valence-corrected chi connectivity index (χ3v) is 4.44. The Morgan fingerprint density at radius 1 is 1.16 bits per heavy atom. The monoisotopic (exact) mass is 340 g/mol. The highest BCUT2D eigenvalue weighted by atomic mass is 16.7. The molecular weight excluding hydrogens is 320 g/mol. The molecule has 0 aromatic heterocycles. The smallest absolute Gasteiger partial charge is 0.410 e. The second kappa shape index (κ2) is 7.03. The van der Waals surface area contributed by atoms with Gasteiger partial charge in [-0.3, -0.25) is 0 Å². The third-order valence-electron chi connectivity index (χ3n) is 4.44. The van der Waals surface area contributed by atoms with E-state index in [-0.39, 0.29) is 25.5 Å². The molecule has 130 valence electrons. The number of carbonyl (C=O) groups excluding carboxylic acids is 1. The first-order valence-corrected chi connectivity index (χ1v) is 8.38. The lowest BCUT2D eigenvalue weighted by Crippen LogP contribution is -2.48. The normalized spacial score (nSPS) is 18.9. The molecule has 2 aromatic rings. The van der Waals surface area contributed by atoms with E-state index >= 15 is 0 Å². The van der Waals surface area contributed by atoms with Crippen molar-refractivity contribution in [2.75, 3.05) is 26.4 Å². The van der Waals surface area contributed by atoms with Crippen molar-refractivity contribution in [1.29, 1.82) is 0 Å². The molecule has 2 aliphatic rings. The van der Waals surface area contributed by atoms with E-state index in [4.69, 9.17) is 14.2 Å². The lowest BCUT2D eigenvalue weighted by molar-refractivity contribution is 0.0849. The highest BCUT2D eigenvalue weighted by Gasteiger charge is 2.26. The van der Waals surface area contributed by atoms with Crippen LogP contribution < -0.4 is 14.8 Å². The first-order chi connectivity index (χ1) is 12.3. The van der Waals surface area contributed by atoms with Crippen molar-refractivity contribution in [3.63, 3.8) is 0 Å². The third kappa shape index (κ3) is 3.53. The van der Waals surface area contributed by atoms with Crippen LogP contribution in [0.25, 0.3) is 0 Å². The van der Waals surface area contributed by atoms with Crippen LogP contribution in [0.4, 0.5) is 4.79 Å². The molecule has 6 heteroatoms. The largest absolute Gasteiger partial charge is 0.454 e. The summed E-state index contributed by atoms with van der Waals surface area (Å²) in [5, 5.41) is 3.44. The van der Waals surface area contributed by atoms with E-state index in [1.807, 2.05) is 48.5 Å². The minimum absolute atomic E-state index is 0.0486. The van der Waals surface area contributed by atoms with Crippen molar-refractivity contribution >= 4 is 6.09 Å². The molecular formula is C19H20N2O4. The molecule has 0 radical (unpaired) electrons. The highest BCUT2D eigenvalue weighted by molar-refractivity contribution is 5.68. The summed E-state index contributed by atoms with van der Waals surface area (Å²) in [5.41, 5.74) is 2.06. The van der Waals surface area contributed by atoms with E-state index in [1.165, 1.54) is 0 Å². The fraction of sp³-hybridized carbons (Fsp3) is 0.316. The zero-order valence-corrected chi connectivity index (χ0v) is 13.8. The maximum absolute atomic E-state index is 12.4. The molecule has 4 rings (SSSR count). The van der Waals surface area contributed by atoms with Crippen molar-refractivity contribution in [1.82, 2.24) is 10.2 Å². The van der Waals surface area contributed by atoms with Crippen LogP contribution in [0.1, 0.15) is 17.2 Å². The number of nitrogens with zero attached hydrogens (tertiary/aromatic N) is 1. The van der Waals surface area contributed by atoms with Crippen LogP contribution in [-0.4, -0.2) is 37.4 Å². The SMILES string of the molecule is O=C(OCc1ccccc1)N1CCN[C@@H](c2ccc3c(c2)OCO3)C1. The zero-order valence-electron chi connectivity index (χ0n) is 13.8. The summed E-state index contributed by atoms with van der Waals surface area (Å²) < 4.78 is 16.2. The maximum Gasteiger partial charge on any atom is 0.410 e. The summed E-state index contributed by atoms with van der Waals surface area (Å²) in [6.45, 7) is 2.47. The van der Waals surface area contributed by atoms with Gasteiger partial charge in [-0.1, -0.05) is 36.4 Å². The average molecular weight is 340 g/mol. The molecule has 2 aliphatic heterocycles. The van der Waals surface area contributed by atoms with Crippen molar-refractivity contribution in [3.05, 3.63) is 59.7 Å². The van der Waals surface area contributed by atoms with E-state index in [1.54, 1.807) is 4.90 Å². The minimum Gasteiger partial charge on any atom is -0.454 e. The number of amides is 1. The highest BCUT2D eigenvalue weighted by Crippen LogP contribution is 2.34. The Hall–Kier alpha value is -2.73. The van der Waals surface area contributed by atoms with Crippen LogP contribution in [0.2, 0.25) is 0 Å². The molecule has 25 heavy (non-hydrogen) atoms. The molecule has 2 heterocycles. The summed E-state index contributed by atoms with van der Waals surface area (Å²) in [7, 11) is 0. The van der Waals surface area contributed by atoms with Gasteiger partial charge < -0.3 is 24.4 Å². The topological polar surface area (TPSA) is 60.0 Å². The Labute approximate surface area is 146 Å². The van der Waals surface area contributed by atoms with Gasteiger partial charge >= 0.3 is 6.09 Å². The van der Waals surface area contributed by atoms with Gasteiger partial charge in [-0.2, -0.15) is 0 Å². The number of ether oxygens (including phenoxy) is 3. The second-order valence-electron chi connectivity index (χ2n) is 6.11. The van der Waals surface area contributed by atoms with E-state index in [2.05, 4.69) is 5.32 Å². The molecule has 6 nitrogen and oxygen atoms in total. The van der Waals surface area contributed by atoms with Crippen molar-refractivity contribution in [2.45, 2.75) is 12.6 Å². The lowest BCUT2D eigenvalue weighted by Gasteiger charge is -2.33. The predicted octanol–water partition coefficient (Wildman–Crippen LogP) is 2.70. The minimum atomic E-state index is -0.281. The van der Waals surface area contributed by atoms with Gasteiger partial charge in [0.25, 0.3) is 0 Å². The summed E-state index contributed by atoms with van der Waals surface area (Å²) in [6, 6.07) is 15.6. The van der Waals surface area contributed by atoms with E-state index in [0.717, 1.165) is 29.2 Å². The summed E-state index contributed by atoms with van der Waals surface area (Å²) >= 11 is 0. The average Bonchev–Trinajstić information content (AvgIpc) is 3.15. The first kappa shape index (κ1) is 15.8. The van der Waals surface area contributed by atoms with Crippen molar-refractivity contribution < 1.29 is 19.0 Å². The summed E-state index contributed by atoms with van der Waals surface area (Å²) in [4.78, 5) is 14.1. The molecule has 1 N–H and O–H groups in total. The van der Waals surface area contributed by atoms with E-state index in [9.17, 15) is 4.79 Å². The lowest BCUT2D eigenvalue weighted by atomic mass is 10.0. The maximum atomic E-state index is 12.4. The molecule has 0 bridgehead atoms. The molecule has 1 fully saturated rings. The number of hydrogen-bond donors (Lipinski definition) is 1. The van der Waals surface area contributed by atoms with Crippen LogP contribution in [0, 0.1) is 0 Å². The molecule has 1 saturated heterocycles. The fourth-order valence-electron chi connectivity index (χ4n) is 3.08. The number of fused-ring (bicyclic) bond motifs is 1. The number of nitrogens with one attached hydrogen (secondary N) is 1. The molecule has 0 saturated carbocycles. The predicted molar refractivity (Wildman–Crippen MR) is 91.5 cm³/mol. The van der Waals surface area contributed by atoms with Crippen LogP contribution in [0.15, 0.2) is 48.5 Å². The van der Waals surface area contributed by atoms with Crippen molar-refractivity contribution in [3.8, 4) is 11.5 Å². The van der Waals surface area contributed by atoms with Crippen LogP contribution in [0.3, 0.4) is 0 Å². The molecule has 1 atom stereocenters. The molecule has 0 unspecified atom stereocenters. The first-order valence-electron chi connectivity index (χ1n) is 8.38. The van der Waals surface area contributed by atoms with Gasteiger partial charge in [-0.25, -0.2) is 4.79 Å². The number of rotatable bonds is 3. The van der Waals surface area contributed by atoms with Crippen LogP contribution >= 0.6 is 0 Å².